The van der Waals surface area contributed by atoms with Gasteiger partial charge in [0.25, 0.3) is 0 Å². The molecular weight excluding hydrogens is 236 g/mol. The number of rotatable bonds is 3. The molecule has 1 aliphatic rings. The van der Waals surface area contributed by atoms with Crippen molar-refractivity contribution in [3.05, 3.63) is 11.1 Å². The van der Waals surface area contributed by atoms with Crippen molar-refractivity contribution in [1.82, 2.24) is 9.59 Å². The van der Waals surface area contributed by atoms with Gasteiger partial charge < -0.3 is 0 Å². The highest BCUT2D eigenvalue weighted by Crippen LogP contribution is 2.25. The molecule has 1 unspecified atom stereocenters. The molecule has 0 aromatic carbocycles. The minimum atomic E-state index is 0.176. The Balaban J connectivity index is 1.88. The Bertz CT molecular complexity index is 296. The van der Waals surface area contributed by atoms with Crippen molar-refractivity contribution in [2.24, 2.45) is 0 Å². The Hall–Kier alpha value is -0.0700. The molecule has 2 rings (SSSR count). The Labute approximate surface area is 95.2 Å². The van der Waals surface area contributed by atoms with Crippen LogP contribution in [0, 0.1) is 0 Å². The van der Waals surface area contributed by atoms with E-state index in [1.807, 2.05) is 17.1 Å². The van der Waals surface area contributed by atoms with Gasteiger partial charge in [-0.15, -0.1) is 16.9 Å². The van der Waals surface area contributed by atoms with Gasteiger partial charge in [0.05, 0.1) is 17.4 Å². The summed E-state index contributed by atoms with van der Waals surface area (Å²) < 4.78 is 3.75. The van der Waals surface area contributed by atoms with Gasteiger partial charge in [-0.05, 0) is 11.5 Å². The van der Waals surface area contributed by atoms with Crippen molar-refractivity contribution >= 4 is 40.8 Å². The second-order valence-corrected chi connectivity index (χ2v) is 6.04. The lowest BCUT2D eigenvalue weighted by molar-refractivity contribution is -0.117. The van der Waals surface area contributed by atoms with E-state index in [4.69, 9.17) is 0 Å². The predicted octanol–water partition coefficient (Wildman–Crippen LogP) is 1.50. The molecule has 0 N–H and O–H groups in total. The molecule has 1 fully saturated rings. The van der Waals surface area contributed by atoms with Gasteiger partial charge in [-0.2, -0.15) is 11.8 Å². The maximum absolute atomic E-state index is 11.8. The zero-order chi connectivity index (χ0) is 9.80. The number of aromatic nitrogens is 2. The van der Waals surface area contributed by atoms with Gasteiger partial charge in [-0.25, -0.2) is 0 Å². The zero-order valence-corrected chi connectivity index (χ0v) is 9.96. The fourth-order valence-corrected chi connectivity index (χ4v) is 4.33. The maximum Gasteiger partial charge on any atom is 0.152 e. The summed E-state index contributed by atoms with van der Waals surface area (Å²) in [4.78, 5) is 11.8. The molecule has 3 nitrogen and oxygen atoms in total. The van der Waals surface area contributed by atoms with Gasteiger partial charge >= 0.3 is 0 Å². The van der Waals surface area contributed by atoms with Crippen LogP contribution in [0.2, 0.25) is 0 Å². The number of ketones is 1. The second kappa shape index (κ2) is 5.14. The first kappa shape index (κ1) is 10.4. The van der Waals surface area contributed by atoms with E-state index in [2.05, 4.69) is 9.59 Å². The first-order valence-corrected chi connectivity index (χ1v) is 7.38. The quantitative estimate of drug-likeness (QED) is 0.808. The Morgan fingerprint density at radius 1 is 1.57 bits per heavy atom. The zero-order valence-electron chi connectivity index (χ0n) is 7.51. The average Bonchev–Trinajstić information content (AvgIpc) is 2.72. The molecule has 76 valence electrons. The van der Waals surface area contributed by atoms with Crippen LogP contribution in [0.15, 0.2) is 5.38 Å². The minimum Gasteiger partial charge on any atom is -0.298 e. The molecule has 0 radical (unpaired) electrons. The van der Waals surface area contributed by atoms with Crippen LogP contribution in [-0.4, -0.2) is 37.9 Å². The first-order chi connectivity index (χ1) is 6.86. The number of carbonyl (C=O) groups excluding carboxylic acids is 1. The van der Waals surface area contributed by atoms with E-state index < -0.39 is 0 Å². The van der Waals surface area contributed by atoms with Gasteiger partial charge in [-0.3, -0.25) is 4.79 Å². The molecule has 0 bridgehead atoms. The van der Waals surface area contributed by atoms with Crippen LogP contribution in [0.25, 0.3) is 0 Å². The maximum atomic E-state index is 11.8. The van der Waals surface area contributed by atoms with E-state index in [0.29, 0.717) is 12.2 Å². The lowest BCUT2D eigenvalue weighted by atomic mass is 10.2. The molecule has 1 saturated heterocycles. The number of Topliss-reactive ketones (excluding diaryl/α,β-unsaturated/α-hetero) is 1. The molecule has 0 spiro atoms. The number of nitrogens with zero attached hydrogens (tertiary/aromatic N) is 2. The van der Waals surface area contributed by atoms with E-state index in [1.165, 1.54) is 17.3 Å². The molecule has 0 aliphatic carbocycles. The summed E-state index contributed by atoms with van der Waals surface area (Å²) in [6.07, 6.45) is 0.453. The molecule has 6 heteroatoms. The molecule has 1 aromatic heterocycles. The SMILES string of the molecule is O=C(Cc1csnn1)C1CSCCS1. The molecule has 1 aromatic rings. The first-order valence-electron chi connectivity index (χ1n) is 4.34. The summed E-state index contributed by atoms with van der Waals surface area (Å²) in [6, 6.07) is 0. The van der Waals surface area contributed by atoms with E-state index in [0.717, 1.165) is 17.2 Å². The lowest BCUT2D eigenvalue weighted by Crippen LogP contribution is -2.25. The van der Waals surface area contributed by atoms with Crippen molar-refractivity contribution in [1.29, 1.82) is 0 Å². The van der Waals surface area contributed by atoms with Gasteiger partial charge in [0.2, 0.25) is 0 Å². The van der Waals surface area contributed by atoms with Crippen molar-refractivity contribution in [3.63, 3.8) is 0 Å². The summed E-state index contributed by atoms with van der Waals surface area (Å²) >= 11 is 4.95. The molecule has 2 heterocycles. The van der Waals surface area contributed by atoms with Gasteiger partial charge in [0.15, 0.2) is 5.78 Å². The summed E-state index contributed by atoms with van der Waals surface area (Å²) in [7, 11) is 0. The fraction of sp³-hybridized carbons (Fsp3) is 0.625. The number of hydrogen-bond acceptors (Lipinski definition) is 6. The number of carbonyl (C=O) groups is 1. The van der Waals surface area contributed by atoms with Crippen LogP contribution in [0.3, 0.4) is 0 Å². The van der Waals surface area contributed by atoms with Crippen LogP contribution < -0.4 is 0 Å². The Kier molecular flexibility index (Phi) is 3.83. The van der Waals surface area contributed by atoms with Crippen LogP contribution >= 0.6 is 35.1 Å². The van der Waals surface area contributed by atoms with Crippen molar-refractivity contribution < 1.29 is 4.79 Å². The third kappa shape index (κ3) is 2.71. The largest absolute Gasteiger partial charge is 0.298 e. The summed E-state index contributed by atoms with van der Waals surface area (Å²) in [6.45, 7) is 0. The number of hydrogen-bond donors (Lipinski definition) is 0. The highest BCUT2D eigenvalue weighted by atomic mass is 32.2. The predicted molar refractivity (Wildman–Crippen MR) is 62.2 cm³/mol. The summed E-state index contributed by atoms with van der Waals surface area (Å²) in [5.41, 5.74) is 0.816. The van der Waals surface area contributed by atoms with Gasteiger partial charge in [0, 0.05) is 22.6 Å². The molecule has 1 atom stereocenters. The third-order valence-corrected chi connectivity index (χ3v) is 5.29. The van der Waals surface area contributed by atoms with E-state index in [-0.39, 0.29) is 5.25 Å². The average molecular weight is 246 g/mol. The van der Waals surface area contributed by atoms with Crippen molar-refractivity contribution in [2.75, 3.05) is 17.3 Å². The van der Waals surface area contributed by atoms with Crippen LogP contribution in [-0.2, 0) is 11.2 Å². The van der Waals surface area contributed by atoms with Crippen molar-refractivity contribution in [3.8, 4) is 0 Å². The van der Waals surface area contributed by atoms with Gasteiger partial charge in [-0.1, -0.05) is 4.49 Å². The van der Waals surface area contributed by atoms with Crippen molar-refractivity contribution in [2.45, 2.75) is 11.7 Å². The Morgan fingerprint density at radius 2 is 2.50 bits per heavy atom. The smallest absolute Gasteiger partial charge is 0.152 e. The summed E-state index contributed by atoms with van der Waals surface area (Å²) in [5.74, 6) is 3.53. The monoisotopic (exact) mass is 246 g/mol. The van der Waals surface area contributed by atoms with E-state index >= 15 is 0 Å². The molecule has 14 heavy (non-hydrogen) atoms. The Morgan fingerprint density at radius 3 is 3.14 bits per heavy atom. The standard InChI is InChI=1S/C8H10N2OS3/c11-7(3-6-4-14-10-9-6)8-5-12-1-2-13-8/h4,8H,1-3,5H2. The molecular formula is C8H10N2OS3. The lowest BCUT2D eigenvalue weighted by Gasteiger charge is -2.18. The highest BCUT2D eigenvalue weighted by molar-refractivity contribution is 8.07. The normalized spacial score (nSPS) is 22.1. The minimum absolute atomic E-state index is 0.176. The second-order valence-electron chi connectivity index (χ2n) is 2.97. The van der Waals surface area contributed by atoms with Crippen LogP contribution in [0.4, 0.5) is 0 Å². The van der Waals surface area contributed by atoms with Crippen LogP contribution in [0.5, 0.6) is 0 Å². The molecule has 1 aliphatic heterocycles. The topological polar surface area (TPSA) is 42.9 Å². The number of thioether (sulfide) groups is 2. The van der Waals surface area contributed by atoms with Gasteiger partial charge in [0.1, 0.15) is 0 Å². The van der Waals surface area contributed by atoms with Crippen LogP contribution in [0.1, 0.15) is 5.69 Å². The summed E-state index contributed by atoms with van der Waals surface area (Å²) in [5, 5.41) is 5.90. The third-order valence-electron chi connectivity index (χ3n) is 1.94. The van der Waals surface area contributed by atoms with E-state index in [1.54, 1.807) is 11.8 Å². The molecule has 0 saturated carbocycles. The highest BCUT2D eigenvalue weighted by Gasteiger charge is 2.22. The van der Waals surface area contributed by atoms with E-state index in [9.17, 15) is 4.79 Å². The molecule has 0 amide bonds. The fourth-order valence-electron chi connectivity index (χ4n) is 1.23.